The molecule has 2 heterocycles. The molecule has 0 saturated heterocycles. The molecule has 0 spiro atoms. The SMILES string of the molecule is N#CNC(=S)Nc1ccn2ccnc2c1. The Hall–Kier alpha value is -2.13. The van der Waals surface area contributed by atoms with Crippen LogP contribution >= 0.6 is 12.2 Å². The van der Waals surface area contributed by atoms with Crippen LogP contribution in [0.15, 0.2) is 30.7 Å². The fraction of sp³-hybridized carbons (Fsp3) is 0. The second-order valence-corrected chi connectivity index (χ2v) is 3.21. The third kappa shape index (κ3) is 2.03. The monoisotopic (exact) mass is 217 g/mol. The second-order valence-electron chi connectivity index (χ2n) is 2.80. The van der Waals surface area contributed by atoms with Crippen molar-refractivity contribution in [2.75, 3.05) is 5.32 Å². The number of pyridine rings is 1. The third-order valence-corrected chi connectivity index (χ3v) is 2.03. The largest absolute Gasteiger partial charge is 0.332 e. The van der Waals surface area contributed by atoms with E-state index in [1.165, 1.54) is 0 Å². The van der Waals surface area contributed by atoms with Crippen LogP contribution in [0.4, 0.5) is 5.69 Å². The van der Waals surface area contributed by atoms with E-state index >= 15 is 0 Å². The van der Waals surface area contributed by atoms with Crippen molar-refractivity contribution in [2.24, 2.45) is 0 Å². The van der Waals surface area contributed by atoms with E-state index < -0.39 is 0 Å². The van der Waals surface area contributed by atoms with Crippen LogP contribution in [-0.4, -0.2) is 14.5 Å². The third-order valence-electron chi connectivity index (χ3n) is 1.83. The maximum Gasteiger partial charge on any atom is 0.184 e. The predicted octanol–water partition coefficient (Wildman–Crippen LogP) is 1.10. The van der Waals surface area contributed by atoms with Gasteiger partial charge in [0.15, 0.2) is 11.3 Å². The number of nitrogens with one attached hydrogen (secondary N) is 2. The molecular formula is C9H7N5S. The lowest BCUT2D eigenvalue weighted by molar-refractivity contribution is 1.19. The minimum absolute atomic E-state index is 0.272. The van der Waals surface area contributed by atoms with Crippen LogP contribution < -0.4 is 10.6 Å². The average molecular weight is 217 g/mol. The molecule has 0 bridgehead atoms. The van der Waals surface area contributed by atoms with Crippen molar-refractivity contribution in [3.63, 3.8) is 0 Å². The van der Waals surface area contributed by atoms with Crippen molar-refractivity contribution < 1.29 is 0 Å². The molecule has 0 aliphatic rings. The van der Waals surface area contributed by atoms with Gasteiger partial charge in [-0.25, -0.2) is 4.98 Å². The first-order valence-corrected chi connectivity index (χ1v) is 4.59. The second kappa shape index (κ2) is 3.94. The number of nitriles is 1. The molecule has 0 amide bonds. The van der Waals surface area contributed by atoms with Gasteiger partial charge in [0.05, 0.1) is 0 Å². The number of aromatic nitrogens is 2. The molecule has 2 rings (SSSR count). The van der Waals surface area contributed by atoms with Gasteiger partial charge in [-0.2, -0.15) is 5.26 Å². The Morgan fingerprint density at radius 2 is 2.40 bits per heavy atom. The lowest BCUT2D eigenvalue weighted by Crippen LogP contribution is -2.23. The molecule has 0 aliphatic carbocycles. The van der Waals surface area contributed by atoms with Crippen molar-refractivity contribution in [3.05, 3.63) is 30.7 Å². The summed E-state index contributed by atoms with van der Waals surface area (Å²) in [7, 11) is 0. The van der Waals surface area contributed by atoms with Gasteiger partial charge in [0.25, 0.3) is 0 Å². The predicted molar refractivity (Wildman–Crippen MR) is 60.2 cm³/mol. The summed E-state index contributed by atoms with van der Waals surface area (Å²) in [5.74, 6) is 0. The maximum atomic E-state index is 8.35. The van der Waals surface area contributed by atoms with Gasteiger partial charge in [-0.05, 0) is 18.3 Å². The smallest absolute Gasteiger partial charge is 0.184 e. The Balaban J connectivity index is 2.22. The van der Waals surface area contributed by atoms with E-state index in [0.29, 0.717) is 0 Å². The Bertz CT molecular complexity index is 539. The standard InChI is InChI=1S/C9H7N5S/c10-6-12-9(15)13-7-1-3-14-4-2-11-8(14)5-7/h1-5H,(H2,12,13,15). The van der Waals surface area contributed by atoms with E-state index in [-0.39, 0.29) is 5.11 Å². The highest BCUT2D eigenvalue weighted by Gasteiger charge is 1.98. The molecule has 0 saturated carbocycles. The number of hydrogen-bond donors (Lipinski definition) is 2. The zero-order chi connectivity index (χ0) is 10.7. The van der Waals surface area contributed by atoms with Gasteiger partial charge in [-0.3, -0.25) is 5.32 Å². The van der Waals surface area contributed by atoms with E-state index in [2.05, 4.69) is 15.6 Å². The van der Waals surface area contributed by atoms with Crippen LogP contribution in [0.5, 0.6) is 0 Å². The van der Waals surface area contributed by atoms with E-state index in [1.807, 2.05) is 28.9 Å². The van der Waals surface area contributed by atoms with Crippen LogP contribution in [0.1, 0.15) is 0 Å². The zero-order valence-electron chi connectivity index (χ0n) is 7.64. The van der Waals surface area contributed by atoms with Crippen LogP contribution in [0.3, 0.4) is 0 Å². The maximum absolute atomic E-state index is 8.35. The lowest BCUT2D eigenvalue weighted by Gasteiger charge is -2.05. The van der Waals surface area contributed by atoms with Crippen LogP contribution in [0, 0.1) is 11.5 Å². The van der Waals surface area contributed by atoms with Crippen LogP contribution in [-0.2, 0) is 0 Å². The summed E-state index contributed by atoms with van der Waals surface area (Å²) in [6.07, 6.45) is 7.17. The van der Waals surface area contributed by atoms with Crippen molar-refractivity contribution >= 4 is 28.7 Å². The summed E-state index contributed by atoms with van der Waals surface area (Å²) < 4.78 is 1.88. The Labute approximate surface area is 91.4 Å². The van der Waals surface area contributed by atoms with Gasteiger partial charge in [0.1, 0.15) is 5.65 Å². The van der Waals surface area contributed by atoms with Gasteiger partial charge in [0.2, 0.25) is 0 Å². The fourth-order valence-corrected chi connectivity index (χ4v) is 1.36. The number of hydrogen-bond acceptors (Lipinski definition) is 3. The first-order valence-electron chi connectivity index (χ1n) is 4.18. The molecular weight excluding hydrogens is 210 g/mol. The highest BCUT2D eigenvalue weighted by atomic mass is 32.1. The summed E-state index contributed by atoms with van der Waals surface area (Å²) in [5.41, 5.74) is 1.61. The summed E-state index contributed by atoms with van der Waals surface area (Å²) in [5, 5.41) is 13.8. The van der Waals surface area contributed by atoms with E-state index in [1.54, 1.807) is 12.4 Å². The normalized spacial score (nSPS) is 9.53. The molecule has 2 aromatic rings. The van der Waals surface area contributed by atoms with E-state index in [9.17, 15) is 0 Å². The summed E-state index contributed by atoms with van der Waals surface area (Å²) in [6, 6.07) is 3.69. The number of rotatable bonds is 1. The molecule has 0 aromatic carbocycles. The number of fused-ring (bicyclic) bond motifs is 1. The number of thiocarbonyl (C=S) groups is 1. The average Bonchev–Trinajstić information content (AvgIpc) is 2.65. The van der Waals surface area contributed by atoms with Gasteiger partial charge < -0.3 is 9.72 Å². The Kier molecular flexibility index (Phi) is 2.48. The van der Waals surface area contributed by atoms with Crippen molar-refractivity contribution in [1.29, 1.82) is 5.26 Å². The lowest BCUT2D eigenvalue weighted by atomic mass is 10.4. The summed E-state index contributed by atoms with van der Waals surface area (Å²) in [6.45, 7) is 0. The topological polar surface area (TPSA) is 65.2 Å². The first-order chi connectivity index (χ1) is 7.29. The van der Waals surface area contributed by atoms with Crippen molar-refractivity contribution in [2.45, 2.75) is 0 Å². The minimum Gasteiger partial charge on any atom is -0.332 e. The number of imidazole rings is 1. The van der Waals surface area contributed by atoms with Gasteiger partial charge >= 0.3 is 0 Å². The van der Waals surface area contributed by atoms with E-state index in [4.69, 9.17) is 17.5 Å². The zero-order valence-corrected chi connectivity index (χ0v) is 8.45. The molecule has 6 heteroatoms. The minimum atomic E-state index is 0.272. The molecule has 0 atom stereocenters. The number of anilines is 1. The highest BCUT2D eigenvalue weighted by molar-refractivity contribution is 7.80. The van der Waals surface area contributed by atoms with Crippen LogP contribution in [0.2, 0.25) is 0 Å². The molecule has 2 N–H and O–H groups in total. The molecule has 5 nitrogen and oxygen atoms in total. The van der Waals surface area contributed by atoms with Gasteiger partial charge in [-0.15, -0.1) is 0 Å². The molecule has 2 aromatic heterocycles. The first kappa shape index (κ1) is 9.43. The molecule has 0 aliphatic heterocycles. The number of nitrogens with zero attached hydrogens (tertiary/aromatic N) is 3. The van der Waals surface area contributed by atoms with Crippen molar-refractivity contribution in [1.82, 2.24) is 14.7 Å². The summed E-state index contributed by atoms with van der Waals surface area (Å²) >= 11 is 4.87. The molecule has 0 fully saturated rings. The summed E-state index contributed by atoms with van der Waals surface area (Å²) in [4.78, 5) is 4.13. The molecule has 74 valence electrons. The fourth-order valence-electron chi connectivity index (χ4n) is 1.20. The van der Waals surface area contributed by atoms with Crippen LogP contribution in [0.25, 0.3) is 5.65 Å². The highest BCUT2D eigenvalue weighted by Crippen LogP contribution is 2.10. The van der Waals surface area contributed by atoms with E-state index in [0.717, 1.165) is 11.3 Å². The Morgan fingerprint density at radius 1 is 1.53 bits per heavy atom. The molecule has 15 heavy (non-hydrogen) atoms. The molecule has 0 radical (unpaired) electrons. The van der Waals surface area contributed by atoms with Gasteiger partial charge in [0, 0.05) is 30.3 Å². The molecule has 0 unspecified atom stereocenters. The quantitative estimate of drug-likeness (QED) is 0.425. The Morgan fingerprint density at radius 3 is 3.20 bits per heavy atom. The van der Waals surface area contributed by atoms with Gasteiger partial charge in [-0.1, -0.05) is 0 Å². The van der Waals surface area contributed by atoms with Crippen molar-refractivity contribution in [3.8, 4) is 6.19 Å².